The lowest BCUT2D eigenvalue weighted by Crippen LogP contribution is -2.31. The monoisotopic (exact) mass is 374 g/mol. The molecule has 0 saturated carbocycles. The van der Waals surface area contributed by atoms with Gasteiger partial charge in [-0.15, -0.1) is 0 Å². The standard InChI is InChI=1S/C23H22N2O3/c1-25(15-17-7-3-2-4-8-17)23(26)27-16-20-13-18-9-5-11-21(22(18)28-20)19-10-6-12-24-14-19/h2-12,14,20H,13,15-16H2,1H3. The Morgan fingerprint density at radius 1 is 1.14 bits per heavy atom. The minimum Gasteiger partial charge on any atom is -0.486 e. The van der Waals surface area contributed by atoms with Crippen LogP contribution >= 0.6 is 0 Å². The maximum absolute atomic E-state index is 12.3. The molecule has 2 heterocycles. The molecular formula is C23H22N2O3. The average molecular weight is 374 g/mol. The van der Waals surface area contributed by atoms with Gasteiger partial charge in [0.25, 0.3) is 0 Å². The topological polar surface area (TPSA) is 51.7 Å². The van der Waals surface area contributed by atoms with Crippen molar-refractivity contribution >= 4 is 6.09 Å². The van der Waals surface area contributed by atoms with Crippen LogP contribution in [0.2, 0.25) is 0 Å². The first-order chi connectivity index (χ1) is 13.7. The van der Waals surface area contributed by atoms with Crippen LogP contribution in [-0.2, 0) is 17.7 Å². The highest BCUT2D eigenvalue weighted by Crippen LogP contribution is 2.38. The van der Waals surface area contributed by atoms with E-state index < -0.39 is 0 Å². The molecule has 1 unspecified atom stereocenters. The number of rotatable bonds is 5. The second-order valence-electron chi connectivity index (χ2n) is 6.90. The molecule has 2 aromatic carbocycles. The molecule has 0 N–H and O–H groups in total. The molecule has 28 heavy (non-hydrogen) atoms. The summed E-state index contributed by atoms with van der Waals surface area (Å²) in [5, 5.41) is 0. The van der Waals surface area contributed by atoms with Gasteiger partial charge in [-0.25, -0.2) is 4.79 Å². The highest BCUT2D eigenvalue weighted by Gasteiger charge is 2.27. The van der Waals surface area contributed by atoms with E-state index in [0.29, 0.717) is 6.54 Å². The van der Waals surface area contributed by atoms with Gasteiger partial charge in [0.05, 0.1) is 0 Å². The van der Waals surface area contributed by atoms with Crippen LogP contribution in [0.15, 0.2) is 73.1 Å². The van der Waals surface area contributed by atoms with E-state index in [1.165, 1.54) is 0 Å². The summed E-state index contributed by atoms with van der Waals surface area (Å²) < 4.78 is 11.6. The van der Waals surface area contributed by atoms with E-state index in [4.69, 9.17) is 9.47 Å². The van der Waals surface area contributed by atoms with Gasteiger partial charge in [0, 0.05) is 43.5 Å². The van der Waals surface area contributed by atoms with Crippen LogP contribution in [0.1, 0.15) is 11.1 Å². The molecule has 0 fully saturated rings. The van der Waals surface area contributed by atoms with Gasteiger partial charge in [-0.3, -0.25) is 4.98 Å². The number of hydrogen-bond donors (Lipinski definition) is 0. The minimum absolute atomic E-state index is 0.179. The number of pyridine rings is 1. The van der Waals surface area contributed by atoms with Gasteiger partial charge < -0.3 is 14.4 Å². The van der Waals surface area contributed by atoms with E-state index >= 15 is 0 Å². The van der Waals surface area contributed by atoms with Gasteiger partial charge >= 0.3 is 6.09 Å². The number of ether oxygens (including phenoxy) is 2. The first kappa shape index (κ1) is 18.0. The van der Waals surface area contributed by atoms with Crippen LogP contribution in [0.3, 0.4) is 0 Å². The third kappa shape index (κ3) is 3.98. The molecule has 0 saturated heterocycles. The molecule has 1 aromatic heterocycles. The number of fused-ring (bicyclic) bond motifs is 1. The smallest absolute Gasteiger partial charge is 0.409 e. The quantitative estimate of drug-likeness (QED) is 0.667. The number of carbonyl (C=O) groups is 1. The molecule has 1 amide bonds. The van der Waals surface area contributed by atoms with Crippen molar-refractivity contribution in [2.75, 3.05) is 13.7 Å². The van der Waals surface area contributed by atoms with Gasteiger partial charge in [-0.2, -0.15) is 0 Å². The Kier molecular flexibility index (Phi) is 5.24. The number of para-hydroxylation sites is 1. The first-order valence-electron chi connectivity index (χ1n) is 9.31. The van der Waals surface area contributed by atoms with Crippen LogP contribution in [0.25, 0.3) is 11.1 Å². The van der Waals surface area contributed by atoms with Crippen molar-refractivity contribution in [3.05, 3.63) is 84.2 Å². The summed E-state index contributed by atoms with van der Waals surface area (Å²) in [5.41, 5.74) is 4.22. The fraction of sp³-hybridized carbons (Fsp3) is 0.217. The number of hydrogen-bond acceptors (Lipinski definition) is 4. The zero-order chi connectivity index (χ0) is 19.3. The Morgan fingerprint density at radius 3 is 2.79 bits per heavy atom. The molecule has 0 aliphatic carbocycles. The van der Waals surface area contributed by atoms with Crippen LogP contribution in [-0.4, -0.2) is 35.7 Å². The van der Waals surface area contributed by atoms with Crippen LogP contribution < -0.4 is 4.74 Å². The van der Waals surface area contributed by atoms with Crippen LogP contribution in [0.4, 0.5) is 4.79 Å². The predicted octanol–water partition coefficient (Wildman–Crippen LogP) is 4.32. The Hall–Kier alpha value is -3.34. The van der Waals surface area contributed by atoms with E-state index in [0.717, 1.165) is 34.4 Å². The molecule has 5 nitrogen and oxygen atoms in total. The Balaban J connectivity index is 1.36. The molecule has 5 heteroatoms. The molecule has 0 radical (unpaired) electrons. The normalized spacial score (nSPS) is 14.8. The fourth-order valence-electron chi connectivity index (χ4n) is 3.38. The molecular weight excluding hydrogens is 352 g/mol. The maximum Gasteiger partial charge on any atom is 0.409 e. The van der Waals surface area contributed by atoms with Crippen molar-refractivity contribution in [3.8, 4) is 16.9 Å². The lowest BCUT2D eigenvalue weighted by Gasteiger charge is -2.19. The molecule has 0 bridgehead atoms. The van der Waals surface area contributed by atoms with E-state index in [2.05, 4.69) is 11.1 Å². The lowest BCUT2D eigenvalue weighted by atomic mass is 10.0. The van der Waals surface area contributed by atoms with Crippen molar-refractivity contribution in [1.29, 1.82) is 0 Å². The SMILES string of the molecule is CN(Cc1ccccc1)C(=O)OCC1Cc2cccc(-c3cccnc3)c2O1. The summed E-state index contributed by atoms with van der Waals surface area (Å²) in [7, 11) is 1.74. The second-order valence-corrected chi connectivity index (χ2v) is 6.90. The number of benzene rings is 2. The Bertz CT molecular complexity index is 945. The zero-order valence-corrected chi connectivity index (χ0v) is 15.7. The van der Waals surface area contributed by atoms with Crippen LogP contribution in [0, 0.1) is 0 Å². The summed E-state index contributed by atoms with van der Waals surface area (Å²) in [5.74, 6) is 0.856. The van der Waals surface area contributed by atoms with Crippen molar-refractivity contribution in [3.63, 3.8) is 0 Å². The third-order valence-electron chi connectivity index (χ3n) is 4.77. The van der Waals surface area contributed by atoms with E-state index in [1.807, 2.05) is 60.8 Å². The average Bonchev–Trinajstić information content (AvgIpc) is 3.16. The van der Waals surface area contributed by atoms with E-state index in [-0.39, 0.29) is 18.8 Å². The van der Waals surface area contributed by atoms with Gasteiger partial charge in [0.15, 0.2) is 0 Å². The lowest BCUT2D eigenvalue weighted by molar-refractivity contribution is 0.0694. The second kappa shape index (κ2) is 8.13. The van der Waals surface area contributed by atoms with Crippen molar-refractivity contribution in [1.82, 2.24) is 9.88 Å². The molecule has 3 aromatic rings. The van der Waals surface area contributed by atoms with E-state index in [1.54, 1.807) is 18.1 Å². The van der Waals surface area contributed by atoms with Crippen LogP contribution in [0.5, 0.6) is 5.75 Å². The molecule has 142 valence electrons. The zero-order valence-electron chi connectivity index (χ0n) is 15.7. The highest BCUT2D eigenvalue weighted by atomic mass is 16.6. The van der Waals surface area contributed by atoms with Crippen molar-refractivity contribution in [2.45, 2.75) is 19.1 Å². The molecule has 0 spiro atoms. The summed E-state index contributed by atoms with van der Waals surface area (Å²) in [6.45, 7) is 0.732. The maximum atomic E-state index is 12.3. The summed E-state index contributed by atoms with van der Waals surface area (Å²) in [4.78, 5) is 18.1. The van der Waals surface area contributed by atoms with Gasteiger partial charge in [0.1, 0.15) is 18.5 Å². The minimum atomic E-state index is -0.351. The third-order valence-corrected chi connectivity index (χ3v) is 4.77. The summed E-state index contributed by atoms with van der Waals surface area (Å²) in [6.07, 6.45) is 3.77. The van der Waals surface area contributed by atoms with Gasteiger partial charge in [-0.1, -0.05) is 54.6 Å². The van der Waals surface area contributed by atoms with Crippen molar-refractivity contribution < 1.29 is 14.3 Å². The van der Waals surface area contributed by atoms with Gasteiger partial charge in [0.2, 0.25) is 0 Å². The molecule has 1 atom stereocenters. The molecule has 1 aliphatic rings. The first-order valence-corrected chi connectivity index (χ1v) is 9.31. The highest BCUT2D eigenvalue weighted by molar-refractivity contribution is 5.72. The molecule has 4 rings (SSSR count). The van der Waals surface area contributed by atoms with E-state index in [9.17, 15) is 4.79 Å². The summed E-state index contributed by atoms with van der Waals surface area (Å²) >= 11 is 0. The largest absolute Gasteiger partial charge is 0.486 e. The van der Waals surface area contributed by atoms with Crippen molar-refractivity contribution in [2.24, 2.45) is 0 Å². The molecule has 1 aliphatic heterocycles. The Morgan fingerprint density at radius 2 is 2.00 bits per heavy atom. The summed E-state index contributed by atoms with van der Waals surface area (Å²) in [6, 6.07) is 19.9. The predicted molar refractivity (Wildman–Crippen MR) is 107 cm³/mol. The number of carbonyl (C=O) groups excluding carboxylic acids is 1. The Labute approximate surface area is 164 Å². The number of nitrogens with zero attached hydrogens (tertiary/aromatic N) is 2. The number of amides is 1. The fourth-order valence-corrected chi connectivity index (χ4v) is 3.38. The number of aromatic nitrogens is 1. The van der Waals surface area contributed by atoms with Gasteiger partial charge in [-0.05, 0) is 17.2 Å².